The molecule has 2 aliphatic heterocycles. The van der Waals surface area contributed by atoms with E-state index in [1.807, 2.05) is 12.3 Å². The van der Waals surface area contributed by atoms with Gasteiger partial charge in [0.15, 0.2) is 5.65 Å². The molecule has 3 unspecified atom stereocenters. The molecule has 31 heavy (non-hydrogen) atoms. The molecule has 0 radical (unpaired) electrons. The van der Waals surface area contributed by atoms with Crippen molar-refractivity contribution < 1.29 is 13.9 Å². The lowest BCUT2D eigenvalue weighted by atomic mass is 9.96. The Morgan fingerprint density at radius 1 is 1.26 bits per heavy atom. The summed E-state index contributed by atoms with van der Waals surface area (Å²) < 4.78 is 22.3. The van der Waals surface area contributed by atoms with Gasteiger partial charge < -0.3 is 15.0 Å². The Morgan fingerprint density at radius 2 is 2.16 bits per heavy atom. The number of anilines is 1. The van der Waals surface area contributed by atoms with Crippen molar-refractivity contribution in [1.29, 1.82) is 0 Å². The fraction of sp³-hybridized carbons (Fsp3) is 0.455. The molecule has 3 aliphatic rings. The number of halogens is 1. The first kappa shape index (κ1) is 18.5. The number of rotatable bonds is 0. The predicted molar refractivity (Wildman–Crippen MR) is 111 cm³/mol. The van der Waals surface area contributed by atoms with E-state index in [4.69, 9.17) is 9.72 Å². The summed E-state index contributed by atoms with van der Waals surface area (Å²) in [5, 5.41) is 7.40. The highest BCUT2D eigenvalue weighted by atomic mass is 19.1. The highest BCUT2D eigenvalue weighted by Crippen LogP contribution is 2.43. The summed E-state index contributed by atoms with van der Waals surface area (Å²) in [4.78, 5) is 24.4. The second kappa shape index (κ2) is 6.90. The van der Waals surface area contributed by atoms with E-state index in [1.54, 1.807) is 10.7 Å². The predicted octanol–water partition coefficient (Wildman–Crippen LogP) is 2.89. The molecular weight excluding hydrogens is 399 g/mol. The van der Waals surface area contributed by atoms with E-state index in [9.17, 15) is 9.18 Å². The van der Waals surface area contributed by atoms with E-state index >= 15 is 0 Å². The minimum absolute atomic E-state index is 0.121. The summed E-state index contributed by atoms with van der Waals surface area (Å²) in [5.74, 6) is 0.838. The van der Waals surface area contributed by atoms with Crippen molar-refractivity contribution in [3.05, 3.63) is 47.7 Å². The van der Waals surface area contributed by atoms with Crippen LogP contribution in [0, 0.1) is 11.7 Å². The van der Waals surface area contributed by atoms with E-state index in [-0.39, 0.29) is 35.8 Å². The van der Waals surface area contributed by atoms with Gasteiger partial charge in [-0.25, -0.2) is 18.9 Å². The molecule has 1 aliphatic carbocycles. The van der Waals surface area contributed by atoms with Crippen molar-refractivity contribution >= 4 is 17.4 Å². The lowest BCUT2D eigenvalue weighted by Gasteiger charge is -2.30. The van der Waals surface area contributed by atoms with Gasteiger partial charge in [0.25, 0.3) is 5.91 Å². The molecule has 0 aromatic carbocycles. The number of ether oxygens (including phenoxy) is 1. The Labute approximate surface area is 178 Å². The third kappa shape index (κ3) is 2.94. The first-order valence-electron chi connectivity index (χ1n) is 10.8. The number of amides is 1. The molecule has 2 fully saturated rings. The number of hydrogen-bond acceptors (Lipinski definition) is 6. The summed E-state index contributed by atoms with van der Waals surface area (Å²) >= 11 is 0. The molecule has 8 nitrogen and oxygen atoms in total. The largest absolute Gasteiger partial charge is 0.472 e. The van der Waals surface area contributed by atoms with E-state index in [0.29, 0.717) is 17.1 Å². The van der Waals surface area contributed by atoms with Crippen molar-refractivity contribution in [2.45, 2.75) is 50.8 Å². The minimum Gasteiger partial charge on any atom is -0.472 e. The maximum absolute atomic E-state index is 14.3. The average molecular weight is 422 g/mol. The zero-order chi connectivity index (χ0) is 21.1. The first-order chi connectivity index (χ1) is 15.1. The van der Waals surface area contributed by atoms with Gasteiger partial charge in [0, 0.05) is 18.3 Å². The van der Waals surface area contributed by atoms with Gasteiger partial charge in [0.2, 0.25) is 5.88 Å². The Balaban J connectivity index is 1.56. The lowest BCUT2D eigenvalue weighted by Crippen LogP contribution is -2.42. The number of pyridine rings is 1. The zero-order valence-electron chi connectivity index (χ0n) is 17.2. The molecule has 4 atom stereocenters. The van der Waals surface area contributed by atoms with E-state index in [1.165, 1.54) is 12.3 Å². The monoisotopic (exact) mass is 422 g/mol. The van der Waals surface area contributed by atoms with Crippen LogP contribution in [0.25, 0.3) is 5.65 Å². The highest BCUT2D eigenvalue weighted by Gasteiger charge is 2.39. The molecule has 1 amide bonds. The van der Waals surface area contributed by atoms with Crippen molar-refractivity contribution in [2.75, 3.05) is 11.4 Å². The van der Waals surface area contributed by atoms with Crippen molar-refractivity contribution in [3.8, 4) is 5.88 Å². The Hall–Kier alpha value is -3.23. The normalized spacial score (nSPS) is 27.5. The summed E-state index contributed by atoms with van der Waals surface area (Å²) in [6.07, 6.45) is 7.86. The van der Waals surface area contributed by atoms with Crippen LogP contribution >= 0.6 is 0 Å². The number of fused-ring (bicyclic) bond motifs is 6. The topological polar surface area (TPSA) is 84.7 Å². The number of carbonyl (C=O) groups excluding carboxylic acids is 1. The number of nitrogens with one attached hydrogen (secondary N) is 1. The molecule has 9 heteroatoms. The van der Waals surface area contributed by atoms with Crippen molar-refractivity contribution in [1.82, 2.24) is 24.9 Å². The molecule has 0 spiro atoms. The third-order valence-corrected chi connectivity index (χ3v) is 6.79. The maximum atomic E-state index is 14.3. The number of carbonyl (C=O) groups is 1. The molecule has 1 saturated carbocycles. The van der Waals surface area contributed by atoms with Gasteiger partial charge >= 0.3 is 0 Å². The summed E-state index contributed by atoms with van der Waals surface area (Å²) in [7, 11) is 0. The van der Waals surface area contributed by atoms with Gasteiger partial charge in [-0.3, -0.25) is 4.79 Å². The number of nitrogens with zero attached hydrogens (tertiary/aromatic N) is 5. The second-order valence-electron chi connectivity index (χ2n) is 8.73. The van der Waals surface area contributed by atoms with Gasteiger partial charge in [0.1, 0.15) is 23.3 Å². The zero-order valence-corrected chi connectivity index (χ0v) is 17.2. The molecule has 160 valence electrons. The van der Waals surface area contributed by atoms with Crippen LogP contribution in [0.4, 0.5) is 10.2 Å². The lowest BCUT2D eigenvalue weighted by molar-refractivity contribution is 0.0890. The van der Waals surface area contributed by atoms with Crippen LogP contribution in [0.1, 0.15) is 54.6 Å². The van der Waals surface area contributed by atoms with Crippen LogP contribution in [0.3, 0.4) is 0 Å². The van der Waals surface area contributed by atoms with Gasteiger partial charge in [-0.05, 0) is 43.7 Å². The Kier molecular flexibility index (Phi) is 4.12. The molecule has 1 saturated heterocycles. The number of aromatic nitrogens is 4. The standard InChI is InChI=1S/C22H23FN6O2/c1-12-5-7-28-18-6-8-29-20(27-18)15(11-25-29)21(30)26-16-3-2-4-17(16)31-22-14(19(12)28)9-13(23)10-24-22/h6,8-12,16-17,19H,2-5,7H2,1H3,(H,26,30)/t12?,16?,17-,19?/m1/s1. The van der Waals surface area contributed by atoms with Crippen molar-refractivity contribution in [2.24, 2.45) is 5.92 Å². The Morgan fingerprint density at radius 3 is 3.06 bits per heavy atom. The quantitative estimate of drug-likeness (QED) is 0.600. The minimum atomic E-state index is -0.386. The molecule has 1 N–H and O–H groups in total. The molecule has 2 bridgehead atoms. The van der Waals surface area contributed by atoms with Gasteiger partial charge in [-0.15, -0.1) is 0 Å². The second-order valence-corrected chi connectivity index (χ2v) is 8.73. The summed E-state index contributed by atoms with van der Waals surface area (Å²) in [6.45, 7) is 2.93. The smallest absolute Gasteiger partial charge is 0.257 e. The van der Waals surface area contributed by atoms with Gasteiger partial charge in [-0.1, -0.05) is 6.92 Å². The molecule has 5 heterocycles. The van der Waals surface area contributed by atoms with Crippen LogP contribution in [-0.2, 0) is 0 Å². The van der Waals surface area contributed by atoms with Crippen LogP contribution in [0.15, 0.2) is 30.7 Å². The highest BCUT2D eigenvalue weighted by molar-refractivity contribution is 6.00. The Bertz CT molecular complexity index is 1180. The molecule has 6 rings (SSSR count). The van der Waals surface area contributed by atoms with Crippen LogP contribution in [0.2, 0.25) is 0 Å². The van der Waals surface area contributed by atoms with Crippen molar-refractivity contribution in [3.63, 3.8) is 0 Å². The summed E-state index contributed by atoms with van der Waals surface area (Å²) in [5.41, 5.74) is 1.69. The molecule has 3 aromatic heterocycles. The van der Waals surface area contributed by atoms with Crippen LogP contribution in [0.5, 0.6) is 5.88 Å². The summed E-state index contributed by atoms with van der Waals surface area (Å²) in [6, 6.07) is 3.15. The van der Waals surface area contributed by atoms with Gasteiger partial charge in [-0.2, -0.15) is 5.10 Å². The SMILES string of the molecule is CC1CCN2c3ccn4ncc(c4n3)C(=O)NC3CCC[C@H]3Oc3ncc(F)cc3C12. The maximum Gasteiger partial charge on any atom is 0.257 e. The van der Waals surface area contributed by atoms with Crippen LogP contribution < -0.4 is 15.0 Å². The molecule has 3 aromatic rings. The first-order valence-corrected chi connectivity index (χ1v) is 10.8. The molecular formula is C22H23FN6O2. The fourth-order valence-corrected chi connectivity index (χ4v) is 5.23. The average Bonchev–Trinajstić information content (AvgIpc) is 3.47. The van der Waals surface area contributed by atoms with Gasteiger partial charge in [0.05, 0.1) is 24.5 Å². The van der Waals surface area contributed by atoms with Crippen LogP contribution in [-0.4, -0.2) is 44.2 Å². The van der Waals surface area contributed by atoms with E-state index in [0.717, 1.165) is 43.6 Å². The number of hydrogen-bond donors (Lipinski definition) is 1. The fourth-order valence-electron chi connectivity index (χ4n) is 5.23. The van der Waals surface area contributed by atoms with E-state index in [2.05, 4.69) is 27.2 Å². The third-order valence-electron chi connectivity index (χ3n) is 6.79. The van der Waals surface area contributed by atoms with E-state index < -0.39 is 0 Å².